The molecule has 1 saturated heterocycles. The molecule has 1 heterocycles. The van der Waals surface area contributed by atoms with Crippen LogP contribution < -0.4 is 11.1 Å². The Balaban J connectivity index is 2.22. The summed E-state index contributed by atoms with van der Waals surface area (Å²) in [5.74, 6) is 0.615. The van der Waals surface area contributed by atoms with Crippen LogP contribution in [0.3, 0.4) is 0 Å². The molecule has 0 radical (unpaired) electrons. The van der Waals surface area contributed by atoms with Crippen molar-refractivity contribution >= 4 is 5.69 Å². The average molecular weight is 190 g/mol. The Labute approximate surface area is 85.5 Å². The minimum absolute atomic E-state index is 0.615. The first-order valence-electron chi connectivity index (χ1n) is 5.34. The molecule has 1 aromatic carbocycles. The Bertz CT molecular complexity index is 314. The first-order chi connectivity index (χ1) is 6.77. The summed E-state index contributed by atoms with van der Waals surface area (Å²) in [4.78, 5) is 0. The molecule has 0 unspecified atom stereocenters. The van der Waals surface area contributed by atoms with E-state index in [0.29, 0.717) is 5.92 Å². The van der Waals surface area contributed by atoms with E-state index in [0.717, 1.165) is 18.8 Å². The molecule has 2 heteroatoms. The highest BCUT2D eigenvalue weighted by molar-refractivity contribution is 5.51. The molecule has 2 nitrogen and oxygen atoms in total. The summed E-state index contributed by atoms with van der Waals surface area (Å²) in [6.07, 6.45) is 2.53. The van der Waals surface area contributed by atoms with Gasteiger partial charge in [0.05, 0.1) is 0 Å². The molecular formula is C12H18N2. The van der Waals surface area contributed by atoms with Crippen molar-refractivity contribution in [2.45, 2.75) is 25.7 Å². The molecule has 2 rings (SSSR count). The van der Waals surface area contributed by atoms with E-state index in [4.69, 9.17) is 5.73 Å². The van der Waals surface area contributed by atoms with Crippen LogP contribution in [0.2, 0.25) is 0 Å². The molecule has 3 N–H and O–H groups in total. The van der Waals surface area contributed by atoms with Crippen molar-refractivity contribution in [3.8, 4) is 0 Å². The lowest BCUT2D eigenvalue weighted by Crippen LogP contribution is -2.28. The van der Waals surface area contributed by atoms with E-state index in [1.165, 1.54) is 24.0 Å². The maximum absolute atomic E-state index is 6.02. The van der Waals surface area contributed by atoms with Gasteiger partial charge in [0.25, 0.3) is 0 Å². The monoisotopic (exact) mass is 190 g/mol. The van der Waals surface area contributed by atoms with Crippen LogP contribution in [-0.4, -0.2) is 13.1 Å². The Hall–Kier alpha value is -1.02. The number of aryl methyl sites for hydroxylation is 1. The summed E-state index contributed by atoms with van der Waals surface area (Å²) in [6.45, 7) is 4.31. The first kappa shape index (κ1) is 9.53. The van der Waals surface area contributed by atoms with Crippen molar-refractivity contribution in [3.63, 3.8) is 0 Å². The number of hydrogen-bond acceptors (Lipinski definition) is 2. The Morgan fingerprint density at radius 3 is 2.93 bits per heavy atom. The summed E-state index contributed by atoms with van der Waals surface area (Å²) in [5.41, 5.74) is 9.55. The second kappa shape index (κ2) is 4.01. The fraction of sp³-hybridized carbons (Fsp3) is 0.500. The highest BCUT2D eigenvalue weighted by atomic mass is 14.9. The third-order valence-electron chi connectivity index (χ3n) is 2.98. The number of nitrogen functional groups attached to an aromatic ring is 1. The summed E-state index contributed by atoms with van der Waals surface area (Å²) in [6, 6.07) is 6.41. The number of nitrogens with one attached hydrogen (secondary N) is 1. The molecule has 1 atom stereocenters. The van der Waals surface area contributed by atoms with Crippen LogP contribution in [0.15, 0.2) is 18.2 Å². The zero-order chi connectivity index (χ0) is 9.97. The van der Waals surface area contributed by atoms with E-state index in [1.54, 1.807) is 0 Å². The fourth-order valence-corrected chi connectivity index (χ4v) is 2.18. The van der Waals surface area contributed by atoms with Gasteiger partial charge in [-0.05, 0) is 49.4 Å². The lowest BCUT2D eigenvalue weighted by molar-refractivity contribution is 0.462. The number of anilines is 1. The van der Waals surface area contributed by atoms with Crippen molar-refractivity contribution < 1.29 is 0 Å². The standard InChI is InChI=1S/C12H18N2/c1-9-4-5-11(12(13)7-9)10-3-2-6-14-8-10/h4-5,7,10,14H,2-3,6,8,13H2,1H3/t10-/m1/s1. The Kier molecular flexibility index (Phi) is 2.73. The van der Waals surface area contributed by atoms with E-state index in [2.05, 4.69) is 30.4 Å². The summed E-state index contributed by atoms with van der Waals surface area (Å²) in [7, 11) is 0. The molecule has 14 heavy (non-hydrogen) atoms. The van der Waals surface area contributed by atoms with E-state index < -0.39 is 0 Å². The van der Waals surface area contributed by atoms with Gasteiger partial charge >= 0.3 is 0 Å². The van der Waals surface area contributed by atoms with Crippen LogP contribution in [0.5, 0.6) is 0 Å². The van der Waals surface area contributed by atoms with Crippen LogP contribution in [0.4, 0.5) is 5.69 Å². The molecular weight excluding hydrogens is 172 g/mol. The zero-order valence-corrected chi connectivity index (χ0v) is 8.72. The van der Waals surface area contributed by atoms with Gasteiger partial charge < -0.3 is 11.1 Å². The number of nitrogens with two attached hydrogens (primary N) is 1. The molecule has 1 aliphatic heterocycles. The number of piperidine rings is 1. The van der Waals surface area contributed by atoms with Gasteiger partial charge in [0, 0.05) is 12.2 Å². The van der Waals surface area contributed by atoms with Crippen LogP contribution >= 0.6 is 0 Å². The molecule has 0 aliphatic carbocycles. The number of hydrogen-bond donors (Lipinski definition) is 2. The molecule has 76 valence electrons. The minimum Gasteiger partial charge on any atom is -0.398 e. The van der Waals surface area contributed by atoms with Gasteiger partial charge in [0.2, 0.25) is 0 Å². The lowest BCUT2D eigenvalue weighted by atomic mass is 9.90. The lowest BCUT2D eigenvalue weighted by Gasteiger charge is -2.24. The average Bonchev–Trinajstić information content (AvgIpc) is 2.19. The number of rotatable bonds is 1. The first-order valence-corrected chi connectivity index (χ1v) is 5.34. The largest absolute Gasteiger partial charge is 0.398 e. The molecule has 0 spiro atoms. The van der Waals surface area contributed by atoms with Crippen molar-refractivity contribution in [1.29, 1.82) is 0 Å². The molecule has 0 saturated carbocycles. The van der Waals surface area contributed by atoms with Crippen molar-refractivity contribution in [2.75, 3.05) is 18.8 Å². The molecule has 0 aromatic heterocycles. The summed E-state index contributed by atoms with van der Waals surface area (Å²) < 4.78 is 0. The van der Waals surface area contributed by atoms with Gasteiger partial charge in [-0.3, -0.25) is 0 Å². The van der Waals surface area contributed by atoms with E-state index in [1.807, 2.05) is 0 Å². The van der Waals surface area contributed by atoms with Gasteiger partial charge in [-0.2, -0.15) is 0 Å². The highest BCUT2D eigenvalue weighted by Gasteiger charge is 2.16. The topological polar surface area (TPSA) is 38.0 Å². The molecule has 1 aromatic rings. The van der Waals surface area contributed by atoms with Crippen molar-refractivity contribution in [3.05, 3.63) is 29.3 Å². The zero-order valence-electron chi connectivity index (χ0n) is 8.72. The minimum atomic E-state index is 0.615. The van der Waals surface area contributed by atoms with Crippen LogP contribution in [-0.2, 0) is 0 Å². The maximum atomic E-state index is 6.02. The highest BCUT2D eigenvalue weighted by Crippen LogP contribution is 2.28. The Morgan fingerprint density at radius 1 is 1.43 bits per heavy atom. The molecule has 1 aliphatic rings. The quantitative estimate of drug-likeness (QED) is 0.665. The van der Waals surface area contributed by atoms with Gasteiger partial charge in [-0.25, -0.2) is 0 Å². The Morgan fingerprint density at radius 2 is 2.29 bits per heavy atom. The van der Waals surface area contributed by atoms with E-state index in [9.17, 15) is 0 Å². The van der Waals surface area contributed by atoms with Crippen molar-refractivity contribution in [2.24, 2.45) is 0 Å². The second-order valence-corrected chi connectivity index (χ2v) is 4.18. The third-order valence-corrected chi connectivity index (χ3v) is 2.98. The predicted molar refractivity (Wildman–Crippen MR) is 60.4 cm³/mol. The van der Waals surface area contributed by atoms with E-state index in [-0.39, 0.29) is 0 Å². The van der Waals surface area contributed by atoms with Crippen LogP contribution in [0.1, 0.15) is 29.9 Å². The van der Waals surface area contributed by atoms with Crippen molar-refractivity contribution in [1.82, 2.24) is 5.32 Å². The van der Waals surface area contributed by atoms with Gasteiger partial charge in [-0.15, -0.1) is 0 Å². The third kappa shape index (κ3) is 1.90. The molecule has 0 bridgehead atoms. The summed E-state index contributed by atoms with van der Waals surface area (Å²) in [5, 5.41) is 3.42. The molecule has 0 amide bonds. The fourth-order valence-electron chi connectivity index (χ4n) is 2.18. The predicted octanol–water partition coefficient (Wildman–Crippen LogP) is 2.04. The second-order valence-electron chi connectivity index (χ2n) is 4.18. The number of benzene rings is 1. The smallest absolute Gasteiger partial charge is 0.0352 e. The maximum Gasteiger partial charge on any atom is 0.0352 e. The molecule has 1 fully saturated rings. The van der Waals surface area contributed by atoms with Crippen LogP contribution in [0.25, 0.3) is 0 Å². The van der Waals surface area contributed by atoms with Gasteiger partial charge in [0.15, 0.2) is 0 Å². The van der Waals surface area contributed by atoms with Gasteiger partial charge in [0.1, 0.15) is 0 Å². The van der Waals surface area contributed by atoms with E-state index >= 15 is 0 Å². The SMILES string of the molecule is Cc1ccc([C@@H]2CCCNC2)c(N)c1. The van der Waals surface area contributed by atoms with Gasteiger partial charge in [-0.1, -0.05) is 12.1 Å². The normalized spacial score (nSPS) is 22.2. The summed E-state index contributed by atoms with van der Waals surface area (Å²) >= 11 is 0. The van der Waals surface area contributed by atoms with Crippen LogP contribution in [0, 0.1) is 6.92 Å².